The van der Waals surface area contributed by atoms with E-state index < -0.39 is 0 Å². The molecule has 134 valence electrons. The molecule has 0 atom stereocenters. The van der Waals surface area contributed by atoms with Crippen LogP contribution in [0, 0.1) is 0 Å². The molecule has 0 aromatic rings. The van der Waals surface area contributed by atoms with Gasteiger partial charge in [0.1, 0.15) is 0 Å². The van der Waals surface area contributed by atoms with Gasteiger partial charge in [-0.1, -0.05) is 123 Å². The number of allylic oxidation sites excluding steroid dienone is 1. The van der Waals surface area contributed by atoms with Crippen molar-refractivity contribution in [2.45, 2.75) is 130 Å². The van der Waals surface area contributed by atoms with Crippen LogP contribution in [0.3, 0.4) is 0 Å². The topological polar surface area (TPSA) is 0 Å². The first kappa shape index (κ1) is 24.0. The summed E-state index contributed by atoms with van der Waals surface area (Å²) in [7, 11) is 0. The number of unbranched alkanes of at least 4 members (excludes halogenated alkanes) is 9. The maximum Gasteiger partial charge on any atom is -0.0353 e. The largest absolute Gasteiger partial charge is 0.103 e. The summed E-state index contributed by atoms with van der Waals surface area (Å²) in [6.07, 6.45) is 26.1. The van der Waals surface area contributed by atoms with Gasteiger partial charge in [0, 0.05) is 0 Å². The molecule has 0 aromatic carbocycles. The summed E-state index contributed by atoms with van der Waals surface area (Å²) in [4.78, 5) is 0. The van der Waals surface area contributed by atoms with Crippen molar-refractivity contribution in [3.63, 3.8) is 0 Å². The first-order valence-corrected chi connectivity index (χ1v) is 10.4. The zero-order valence-electron chi connectivity index (χ0n) is 16.3. The van der Waals surface area contributed by atoms with Gasteiger partial charge >= 0.3 is 0 Å². The van der Waals surface area contributed by atoms with Gasteiger partial charge in [0.25, 0.3) is 0 Å². The molecule has 0 radical (unpaired) electrons. The number of hydrogen-bond acceptors (Lipinski definition) is 0. The lowest BCUT2D eigenvalue weighted by Gasteiger charge is -2.05. The summed E-state index contributed by atoms with van der Waals surface area (Å²) < 4.78 is 0. The van der Waals surface area contributed by atoms with Gasteiger partial charge in [-0.25, -0.2) is 0 Å². The minimum Gasteiger partial charge on any atom is -0.103 e. The molecule has 22 heavy (non-hydrogen) atoms. The van der Waals surface area contributed by atoms with E-state index in [9.17, 15) is 0 Å². The van der Waals surface area contributed by atoms with Gasteiger partial charge in [-0.05, 0) is 12.8 Å². The lowest BCUT2D eigenvalue weighted by Crippen LogP contribution is -1.85. The van der Waals surface area contributed by atoms with Crippen LogP contribution in [0.4, 0.5) is 0 Å². The number of rotatable bonds is 10. The first-order valence-electron chi connectivity index (χ1n) is 10.4. The summed E-state index contributed by atoms with van der Waals surface area (Å²) >= 11 is 0. The first-order chi connectivity index (χ1) is 10.8. The molecule has 0 aliphatic heterocycles. The summed E-state index contributed by atoms with van der Waals surface area (Å²) in [5, 5.41) is 0. The Kier molecular flexibility index (Phi) is 28.0. The Labute approximate surface area is 143 Å². The Balaban J connectivity index is 0. The van der Waals surface area contributed by atoms with Gasteiger partial charge in [-0.15, -0.1) is 6.58 Å². The number of hydrogen-bond donors (Lipinski definition) is 0. The molecular formula is C22H46. The predicted molar refractivity (Wildman–Crippen MR) is 106 cm³/mol. The highest BCUT2D eigenvalue weighted by atomic mass is 14.0. The zero-order valence-corrected chi connectivity index (χ0v) is 16.3. The molecule has 1 aliphatic carbocycles. The maximum absolute atomic E-state index is 3.66. The van der Waals surface area contributed by atoms with Gasteiger partial charge in [-0.3, -0.25) is 0 Å². The third-order valence-corrected chi connectivity index (χ3v) is 4.22. The standard InChI is InChI=1S/C8H18.C8H16.C6H12/c2*1-3-5-7-8-6-4-2;1-2-4-6-5-3-1/h3-8H2,1-2H3;3H,1,4-8H2,2H3;1-6H2. The van der Waals surface area contributed by atoms with Crippen LogP contribution in [0.5, 0.6) is 0 Å². The SMILES string of the molecule is C1CCCCC1.C=CCCCCCC.CCCCCCCC. The van der Waals surface area contributed by atoms with Crippen LogP contribution in [0.2, 0.25) is 0 Å². The molecule has 0 heteroatoms. The third kappa shape index (κ3) is 28.0. The van der Waals surface area contributed by atoms with Crippen LogP contribution in [-0.2, 0) is 0 Å². The average molecular weight is 311 g/mol. The Bertz CT molecular complexity index is 149. The fourth-order valence-electron chi connectivity index (χ4n) is 2.63. The van der Waals surface area contributed by atoms with Crippen molar-refractivity contribution in [1.82, 2.24) is 0 Å². The molecule has 1 fully saturated rings. The fourth-order valence-corrected chi connectivity index (χ4v) is 2.63. The molecule has 0 spiro atoms. The molecule has 0 saturated heterocycles. The molecule has 0 amide bonds. The van der Waals surface area contributed by atoms with E-state index in [4.69, 9.17) is 0 Å². The monoisotopic (exact) mass is 310 g/mol. The van der Waals surface area contributed by atoms with E-state index in [0.717, 1.165) is 0 Å². The molecule has 0 heterocycles. The molecule has 0 N–H and O–H groups in total. The van der Waals surface area contributed by atoms with Crippen LogP contribution in [0.1, 0.15) is 130 Å². The summed E-state index contributed by atoms with van der Waals surface area (Å²) in [5.74, 6) is 0. The van der Waals surface area contributed by atoms with Crippen molar-refractivity contribution in [3.8, 4) is 0 Å². The maximum atomic E-state index is 3.66. The molecule has 0 aromatic heterocycles. The molecule has 0 bridgehead atoms. The van der Waals surface area contributed by atoms with E-state index in [-0.39, 0.29) is 0 Å². The fraction of sp³-hybridized carbons (Fsp3) is 0.909. The van der Waals surface area contributed by atoms with Gasteiger partial charge in [0.2, 0.25) is 0 Å². The quantitative estimate of drug-likeness (QED) is 0.279. The van der Waals surface area contributed by atoms with E-state index in [1.54, 1.807) is 0 Å². The molecule has 1 aliphatic rings. The Morgan fingerprint density at radius 2 is 0.864 bits per heavy atom. The van der Waals surface area contributed by atoms with Crippen LogP contribution in [0.25, 0.3) is 0 Å². The second-order valence-corrected chi connectivity index (χ2v) is 6.67. The predicted octanol–water partition coefficient (Wildman–Crippen LogP) is 8.85. The van der Waals surface area contributed by atoms with E-state index in [1.807, 2.05) is 6.08 Å². The highest BCUT2D eigenvalue weighted by Crippen LogP contribution is 2.15. The van der Waals surface area contributed by atoms with Crippen molar-refractivity contribution < 1.29 is 0 Å². The summed E-state index contributed by atoms with van der Waals surface area (Å²) in [5.41, 5.74) is 0. The van der Waals surface area contributed by atoms with Gasteiger partial charge in [-0.2, -0.15) is 0 Å². The van der Waals surface area contributed by atoms with Crippen LogP contribution < -0.4 is 0 Å². The Morgan fingerprint density at radius 1 is 0.545 bits per heavy atom. The van der Waals surface area contributed by atoms with Crippen molar-refractivity contribution in [2.75, 3.05) is 0 Å². The highest BCUT2D eigenvalue weighted by molar-refractivity contribution is 4.65. The van der Waals surface area contributed by atoms with Crippen molar-refractivity contribution >= 4 is 0 Å². The summed E-state index contributed by atoms with van der Waals surface area (Å²) in [6.45, 7) is 10.4. The second-order valence-electron chi connectivity index (χ2n) is 6.67. The minimum atomic E-state index is 1.19. The summed E-state index contributed by atoms with van der Waals surface area (Å²) in [6, 6.07) is 0. The van der Waals surface area contributed by atoms with Gasteiger partial charge < -0.3 is 0 Å². The normalized spacial score (nSPS) is 13.4. The highest BCUT2D eigenvalue weighted by Gasteiger charge is 1.95. The van der Waals surface area contributed by atoms with Crippen LogP contribution in [-0.4, -0.2) is 0 Å². The van der Waals surface area contributed by atoms with Crippen LogP contribution in [0.15, 0.2) is 12.7 Å². The molecular weight excluding hydrogens is 264 g/mol. The minimum absolute atomic E-state index is 1.19. The van der Waals surface area contributed by atoms with E-state index >= 15 is 0 Å². The van der Waals surface area contributed by atoms with Crippen molar-refractivity contribution in [2.24, 2.45) is 0 Å². The smallest absolute Gasteiger partial charge is 0.0353 e. The van der Waals surface area contributed by atoms with E-state index in [2.05, 4.69) is 27.4 Å². The molecule has 0 nitrogen and oxygen atoms in total. The lowest BCUT2D eigenvalue weighted by atomic mass is 10.0. The van der Waals surface area contributed by atoms with Gasteiger partial charge in [0.05, 0.1) is 0 Å². The van der Waals surface area contributed by atoms with Crippen molar-refractivity contribution in [3.05, 3.63) is 12.7 Å². The average Bonchev–Trinajstić information content (AvgIpc) is 2.59. The zero-order chi connectivity index (χ0) is 16.7. The Hall–Kier alpha value is -0.260. The molecule has 1 saturated carbocycles. The van der Waals surface area contributed by atoms with E-state index in [1.165, 1.54) is 109 Å². The van der Waals surface area contributed by atoms with Crippen LogP contribution >= 0.6 is 0 Å². The van der Waals surface area contributed by atoms with Gasteiger partial charge in [0.15, 0.2) is 0 Å². The Morgan fingerprint density at radius 3 is 1.14 bits per heavy atom. The molecule has 0 unspecified atom stereocenters. The second kappa shape index (κ2) is 25.7. The third-order valence-electron chi connectivity index (χ3n) is 4.22. The molecule has 1 rings (SSSR count). The lowest BCUT2D eigenvalue weighted by molar-refractivity contribution is 0.504. The van der Waals surface area contributed by atoms with E-state index in [0.29, 0.717) is 0 Å². The van der Waals surface area contributed by atoms with Crippen molar-refractivity contribution in [1.29, 1.82) is 0 Å².